The summed E-state index contributed by atoms with van der Waals surface area (Å²) in [5.41, 5.74) is 4.06. The second-order valence-corrected chi connectivity index (χ2v) is 6.93. The minimum absolute atomic E-state index is 0.0401. The predicted molar refractivity (Wildman–Crippen MR) is 111 cm³/mol. The average molecular weight is 372 g/mol. The van der Waals surface area contributed by atoms with E-state index in [4.69, 9.17) is 4.74 Å². The summed E-state index contributed by atoms with van der Waals surface area (Å²) in [6, 6.07) is 7.63. The highest BCUT2D eigenvalue weighted by Gasteiger charge is 2.16. The largest absolute Gasteiger partial charge is 0.494 e. The summed E-state index contributed by atoms with van der Waals surface area (Å²) >= 11 is 0. The molecule has 0 saturated carbocycles. The van der Waals surface area contributed by atoms with Crippen molar-refractivity contribution in [1.82, 2.24) is 9.78 Å². The molecule has 0 radical (unpaired) electrons. The van der Waals surface area contributed by atoms with Crippen molar-refractivity contribution in [3.05, 3.63) is 41.2 Å². The van der Waals surface area contributed by atoms with Crippen LogP contribution >= 0.6 is 0 Å². The molecule has 0 bridgehead atoms. The topological polar surface area (TPSA) is 56.2 Å². The molecule has 2 rings (SSSR count). The number of carbonyl (C=O) groups excluding carboxylic acids is 1. The van der Waals surface area contributed by atoms with E-state index in [-0.39, 0.29) is 12.5 Å². The van der Waals surface area contributed by atoms with Crippen LogP contribution < -0.4 is 10.1 Å². The standard InChI is InChI=1S/C22H33N3O2/c1-5-7-8-9-10-11-21-17(3)24-25(18(21)4)22(26)16-23-19-12-14-20(15-13-19)27-6-2/h12-15,23H,5-11,16H2,1-4H3. The van der Waals surface area contributed by atoms with Crippen molar-refractivity contribution in [2.75, 3.05) is 18.5 Å². The second-order valence-electron chi connectivity index (χ2n) is 6.93. The molecule has 27 heavy (non-hydrogen) atoms. The van der Waals surface area contributed by atoms with Crippen LogP contribution in [0.3, 0.4) is 0 Å². The molecule has 0 aliphatic carbocycles. The van der Waals surface area contributed by atoms with E-state index in [1.165, 1.54) is 31.2 Å². The molecule has 1 N–H and O–H groups in total. The van der Waals surface area contributed by atoms with E-state index in [1.807, 2.05) is 45.0 Å². The lowest BCUT2D eigenvalue weighted by atomic mass is 10.0. The SMILES string of the molecule is CCCCCCCc1c(C)nn(C(=O)CNc2ccc(OCC)cc2)c1C. The van der Waals surface area contributed by atoms with E-state index in [0.717, 1.165) is 35.7 Å². The molecule has 0 saturated heterocycles. The summed E-state index contributed by atoms with van der Waals surface area (Å²) < 4.78 is 6.99. The van der Waals surface area contributed by atoms with Gasteiger partial charge in [-0.2, -0.15) is 5.10 Å². The molecule has 0 aliphatic heterocycles. The fourth-order valence-corrected chi connectivity index (χ4v) is 3.27. The lowest BCUT2D eigenvalue weighted by Gasteiger charge is -2.09. The van der Waals surface area contributed by atoms with Crippen molar-refractivity contribution in [2.45, 2.75) is 66.2 Å². The van der Waals surface area contributed by atoms with E-state index in [9.17, 15) is 4.79 Å². The molecule has 5 heteroatoms. The van der Waals surface area contributed by atoms with Crippen molar-refractivity contribution in [3.63, 3.8) is 0 Å². The van der Waals surface area contributed by atoms with Crippen molar-refractivity contribution in [3.8, 4) is 5.75 Å². The summed E-state index contributed by atoms with van der Waals surface area (Å²) in [4.78, 5) is 12.6. The van der Waals surface area contributed by atoms with Gasteiger partial charge in [0.2, 0.25) is 0 Å². The van der Waals surface area contributed by atoms with Crippen LogP contribution in [0.5, 0.6) is 5.75 Å². The number of hydrogen-bond donors (Lipinski definition) is 1. The Kier molecular flexibility index (Phi) is 8.37. The Balaban J connectivity index is 1.91. The van der Waals surface area contributed by atoms with Gasteiger partial charge in [-0.15, -0.1) is 0 Å². The van der Waals surface area contributed by atoms with Crippen LogP contribution in [0.4, 0.5) is 5.69 Å². The van der Waals surface area contributed by atoms with Gasteiger partial charge in [0, 0.05) is 11.4 Å². The Morgan fingerprint density at radius 3 is 2.44 bits per heavy atom. The first kappa shape index (κ1) is 21.0. The number of aromatic nitrogens is 2. The van der Waals surface area contributed by atoms with Gasteiger partial charge >= 0.3 is 0 Å². The second kappa shape index (κ2) is 10.8. The maximum Gasteiger partial charge on any atom is 0.266 e. The van der Waals surface area contributed by atoms with Gasteiger partial charge in [-0.1, -0.05) is 32.6 Å². The van der Waals surface area contributed by atoms with Crippen LogP contribution in [0.1, 0.15) is 67.7 Å². The number of carbonyl (C=O) groups is 1. The Morgan fingerprint density at radius 2 is 1.78 bits per heavy atom. The van der Waals surface area contributed by atoms with Crippen LogP contribution in [-0.4, -0.2) is 28.8 Å². The van der Waals surface area contributed by atoms with Gasteiger partial charge < -0.3 is 10.1 Å². The van der Waals surface area contributed by atoms with Crippen LogP contribution in [0, 0.1) is 13.8 Å². The van der Waals surface area contributed by atoms with E-state index >= 15 is 0 Å². The minimum Gasteiger partial charge on any atom is -0.494 e. The van der Waals surface area contributed by atoms with Crippen molar-refractivity contribution < 1.29 is 9.53 Å². The van der Waals surface area contributed by atoms with Crippen LogP contribution in [0.15, 0.2) is 24.3 Å². The van der Waals surface area contributed by atoms with E-state index in [0.29, 0.717) is 6.61 Å². The van der Waals surface area contributed by atoms with Gasteiger partial charge in [0.25, 0.3) is 5.91 Å². The Morgan fingerprint density at radius 1 is 1.07 bits per heavy atom. The molecule has 0 aliphatic rings. The summed E-state index contributed by atoms with van der Waals surface area (Å²) in [6.07, 6.45) is 7.24. The third kappa shape index (κ3) is 6.12. The molecule has 1 heterocycles. The molecule has 0 unspecified atom stereocenters. The number of ether oxygens (including phenoxy) is 1. The number of benzene rings is 1. The lowest BCUT2D eigenvalue weighted by molar-refractivity contribution is 0.0910. The number of nitrogens with zero attached hydrogens (tertiary/aromatic N) is 2. The predicted octanol–water partition coefficient (Wildman–Crippen LogP) is 5.16. The van der Waals surface area contributed by atoms with Gasteiger partial charge in [-0.05, 0) is 63.4 Å². The quantitative estimate of drug-likeness (QED) is 0.554. The molecule has 0 spiro atoms. The Labute approximate surface area is 163 Å². The summed E-state index contributed by atoms with van der Waals surface area (Å²) in [6.45, 7) is 9.04. The number of anilines is 1. The number of unbranched alkanes of at least 4 members (excludes halogenated alkanes) is 4. The summed E-state index contributed by atoms with van der Waals surface area (Å²) in [7, 11) is 0. The smallest absolute Gasteiger partial charge is 0.266 e. The van der Waals surface area contributed by atoms with E-state index < -0.39 is 0 Å². The molecule has 0 atom stereocenters. The van der Waals surface area contributed by atoms with Gasteiger partial charge in [-0.3, -0.25) is 4.79 Å². The number of nitrogens with one attached hydrogen (secondary N) is 1. The average Bonchev–Trinajstić information content (AvgIpc) is 2.95. The molecule has 148 valence electrons. The zero-order chi connectivity index (χ0) is 19.6. The fraction of sp³-hybridized carbons (Fsp3) is 0.545. The maximum absolute atomic E-state index is 12.6. The third-order valence-corrected chi connectivity index (χ3v) is 4.82. The van der Waals surface area contributed by atoms with Gasteiger partial charge in [0.1, 0.15) is 5.75 Å². The first-order valence-electron chi connectivity index (χ1n) is 10.1. The molecular weight excluding hydrogens is 338 g/mol. The molecule has 2 aromatic rings. The van der Waals surface area contributed by atoms with Crippen LogP contribution in [-0.2, 0) is 6.42 Å². The normalized spacial score (nSPS) is 10.8. The van der Waals surface area contributed by atoms with Crippen molar-refractivity contribution >= 4 is 11.6 Å². The number of rotatable bonds is 11. The first-order valence-corrected chi connectivity index (χ1v) is 10.1. The van der Waals surface area contributed by atoms with Crippen LogP contribution in [0.2, 0.25) is 0 Å². The summed E-state index contributed by atoms with van der Waals surface area (Å²) in [5, 5.41) is 7.65. The molecule has 0 amide bonds. The molecule has 5 nitrogen and oxygen atoms in total. The summed E-state index contributed by atoms with van der Waals surface area (Å²) in [5.74, 6) is 0.790. The molecular formula is C22H33N3O2. The first-order chi connectivity index (χ1) is 13.1. The Hall–Kier alpha value is -2.30. The monoisotopic (exact) mass is 371 g/mol. The van der Waals surface area contributed by atoms with Gasteiger partial charge in [0.05, 0.1) is 18.8 Å². The zero-order valence-electron chi connectivity index (χ0n) is 17.2. The molecule has 0 fully saturated rings. The lowest BCUT2D eigenvalue weighted by Crippen LogP contribution is -2.23. The van der Waals surface area contributed by atoms with Gasteiger partial charge in [0.15, 0.2) is 0 Å². The van der Waals surface area contributed by atoms with E-state index in [2.05, 4.69) is 17.3 Å². The van der Waals surface area contributed by atoms with Crippen LogP contribution in [0.25, 0.3) is 0 Å². The number of aryl methyl sites for hydroxylation is 1. The highest BCUT2D eigenvalue weighted by molar-refractivity contribution is 5.83. The highest BCUT2D eigenvalue weighted by atomic mass is 16.5. The molecule has 1 aromatic heterocycles. The van der Waals surface area contributed by atoms with Crippen molar-refractivity contribution in [2.24, 2.45) is 0 Å². The minimum atomic E-state index is -0.0401. The van der Waals surface area contributed by atoms with E-state index in [1.54, 1.807) is 4.68 Å². The molecule has 1 aromatic carbocycles. The fourth-order valence-electron chi connectivity index (χ4n) is 3.27. The Bertz CT molecular complexity index is 720. The van der Waals surface area contributed by atoms with Crippen molar-refractivity contribution in [1.29, 1.82) is 0 Å². The third-order valence-electron chi connectivity index (χ3n) is 4.82. The van der Waals surface area contributed by atoms with Gasteiger partial charge in [-0.25, -0.2) is 4.68 Å². The number of hydrogen-bond acceptors (Lipinski definition) is 4. The maximum atomic E-state index is 12.6. The highest BCUT2D eigenvalue weighted by Crippen LogP contribution is 2.18. The zero-order valence-corrected chi connectivity index (χ0v) is 17.2.